The summed E-state index contributed by atoms with van der Waals surface area (Å²) in [7, 11) is 2.03. The zero-order valence-electron chi connectivity index (χ0n) is 13.2. The Balaban J connectivity index is 2.01. The fraction of sp³-hybridized carbons (Fsp3) is 0.222. The summed E-state index contributed by atoms with van der Waals surface area (Å²) >= 11 is 0. The highest BCUT2D eigenvalue weighted by Gasteiger charge is 2.04. The van der Waals surface area contributed by atoms with Crippen LogP contribution >= 0.6 is 0 Å². The lowest BCUT2D eigenvalue weighted by Crippen LogP contribution is -2.22. The molecule has 0 radical (unpaired) electrons. The van der Waals surface area contributed by atoms with Crippen LogP contribution in [0.15, 0.2) is 59.7 Å². The van der Waals surface area contributed by atoms with Crippen LogP contribution in [0.2, 0.25) is 0 Å². The van der Waals surface area contributed by atoms with Gasteiger partial charge in [-0.1, -0.05) is 44.2 Å². The maximum atomic E-state index is 11.4. The Morgan fingerprint density at radius 2 is 1.64 bits per heavy atom. The molecule has 0 spiro atoms. The smallest absolute Gasteiger partial charge is 0.242 e. The Kier molecular flexibility index (Phi) is 5.31. The summed E-state index contributed by atoms with van der Waals surface area (Å²) in [6.07, 6.45) is 1.65. The Morgan fingerprint density at radius 3 is 2.23 bits per heavy atom. The number of para-hydroxylation sites is 1. The molecule has 2 aromatic rings. The predicted octanol–water partition coefficient (Wildman–Crippen LogP) is 3.56. The van der Waals surface area contributed by atoms with E-state index < -0.39 is 0 Å². The minimum atomic E-state index is -0.0864. The van der Waals surface area contributed by atoms with E-state index >= 15 is 0 Å². The number of nitrogens with zero attached hydrogens (tertiary/aromatic N) is 2. The quantitative estimate of drug-likeness (QED) is 0.677. The molecule has 4 nitrogen and oxygen atoms in total. The van der Waals surface area contributed by atoms with Crippen LogP contribution in [0.4, 0.5) is 11.4 Å². The van der Waals surface area contributed by atoms with Crippen LogP contribution in [0.1, 0.15) is 19.4 Å². The maximum Gasteiger partial charge on any atom is 0.242 e. The summed E-state index contributed by atoms with van der Waals surface area (Å²) < 4.78 is 0. The van der Waals surface area contributed by atoms with Gasteiger partial charge in [0, 0.05) is 24.3 Å². The monoisotopic (exact) mass is 295 g/mol. The van der Waals surface area contributed by atoms with Crippen LogP contribution in [0.25, 0.3) is 0 Å². The first-order chi connectivity index (χ1) is 10.6. The van der Waals surface area contributed by atoms with Crippen molar-refractivity contribution >= 4 is 23.5 Å². The van der Waals surface area contributed by atoms with Crippen molar-refractivity contribution in [2.24, 2.45) is 11.0 Å². The number of hydrogen-bond acceptors (Lipinski definition) is 3. The molecule has 0 aliphatic carbocycles. The van der Waals surface area contributed by atoms with Crippen LogP contribution in [-0.2, 0) is 4.79 Å². The van der Waals surface area contributed by atoms with E-state index in [1.165, 1.54) is 0 Å². The SMILES string of the molecule is CC(C)C(=O)N/N=C/c1ccc(N(C)c2ccccc2)cc1. The molecule has 0 aliphatic rings. The van der Waals surface area contributed by atoms with E-state index in [2.05, 4.69) is 27.6 Å². The number of benzene rings is 2. The second kappa shape index (κ2) is 7.41. The van der Waals surface area contributed by atoms with E-state index in [-0.39, 0.29) is 11.8 Å². The van der Waals surface area contributed by atoms with Crippen molar-refractivity contribution in [2.75, 3.05) is 11.9 Å². The van der Waals surface area contributed by atoms with Gasteiger partial charge in [0.1, 0.15) is 0 Å². The van der Waals surface area contributed by atoms with Crippen molar-refractivity contribution in [3.05, 3.63) is 60.2 Å². The molecule has 0 heterocycles. The molecular formula is C18H21N3O. The van der Waals surface area contributed by atoms with Crippen molar-refractivity contribution in [2.45, 2.75) is 13.8 Å². The second-order valence-corrected chi connectivity index (χ2v) is 5.38. The van der Waals surface area contributed by atoms with Crippen LogP contribution < -0.4 is 10.3 Å². The third-order valence-corrected chi connectivity index (χ3v) is 3.34. The van der Waals surface area contributed by atoms with Crippen molar-refractivity contribution in [1.82, 2.24) is 5.43 Å². The third-order valence-electron chi connectivity index (χ3n) is 3.34. The fourth-order valence-electron chi connectivity index (χ4n) is 1.88. The molecule has 22 heavy (non-hydrogen) atoms. The molecule has 0 atom stereocenters. The Labute approximate surface area is 131 Å². The minimum absolute atomic E-state index is 0.0703. The number of anilines is 2. The third kappa shape index (κ3) is 4.19. The molecule has 2 rings (SSSR count). The highest BCUT2D eigenvalue weighted by Crippen LogP contribution is 2.22. The van der Waals surface area contributed by atoms with Crippen molar-refractivity contribution in [1.29, 1.82) is 0 Å². The number of amides is 1. The molecule has 0 saturated heterocycles. The Bertz CT molecular complexity index is 633. The van der Waals surface area contributed by atoms with Gasteiger partial charge in [0.15, 0.2) is 0 Å². The molecule has 0 unspecified atom stereocenters. The van der Waals surface area contributed by atoms with Gasteiger partial charge in [0.05, 0.1) is 6.21 Å². The van der Waals surface area contributed by atoms with Gasteiger partial charge in [-0.05, 0) is 29.8 Å². The van der Waals surface area contributed by atoms with E-state index in [0.717, 1.165) is 16.9 Å². The van der Waals surface area contributed by atoms with E-state index in [0.29, 0.717) is 0 Å². The molecule has 0 saturated carbocycles. The Hall–Kier alpha value is -2.62. The molecule has 4 heteroatoms. The summed E-state index contributed by atoms with van der Waals surface area (Å²) in [5.74, 6) is -0.157. The Morgan fingerprint density at radius 1 is 1.05 bits per heavy atom. The number of carbonyl (C=O) groups excluding carboxylic acids is 1. The van der Waals surface area contributed by atoms with E-state index in [4.69, 9.17) is 0 Å². The van der Waals surface area contributed by atoms with Crippen molar-refractivity contribution in [3.63, 3.8) is 0 Å². The fourth-order valence-corrected chi connectivity index (χ4v) is 1.88. The summed E-state index contributed by atoms with van der Waals surface area (Å²) in [5.41, 5.74) is 5.68. The number of rotatable bonds is 5. The molecular weight excluding hydrogens is 274 g/mol. The van der Waals surface area contributed by atoms with Crippen LogP contribution in [0, 0.1) is 5.92 Å². The average Bonchev–Trinajstić information content (AvgIpc) is 2.55. The maximum absolute atomic E-state index is 11.4. The highest BCUT2D eigenvalue weighted by molar-refractivity contribution is 5.83. The normalized spacial score (nSPS) is 10.9. The lowest BCUT2D eigenvalue weighted by atomic mass is 10.2. The first-order valence-electron chi connectivity index (χ1n) is 7.29. The van der Waals surface area contributed by atoms with E-state index in [1.807, 2.05) is 63.4 Å². The molecule has 0 aliphatic heterocycles. The molecule has 1 amide bonds. The van der Waals surface area contributed by atoms with Gasteiger partial charge in [0.2, 0.25) is 5.91 Å². The molecule has 114 valence electrons. The standard InChI is InChI=1S/C18H21N3O/c1-14(2)18(22)20-19-13-15-9-11-17(12-10-15)21(3)16-7-5-4-6-8-16/h4-14H,1-3H3,(H,20,22)/b19-13+. The number of carbonyl (C=O) groups is 1. The lowest BCUT2D eigenvalue weighted by molar-refractivity contribution is -0.123. The predicted molar refractivity (Wildman–Crippen MR) is 91.5 cm³/mol. The van der Waals surface area contributed by atoms with Crippen LogP contribution in [-0.4, -0.2) is 19.2 Å². The zero-order valence-corrected chi connectivity index (χ0v) is 13.2. The van der Waals surface area contributed by atoms with Crippen molar-refractivity contribution < 1.29 is 4.79 Å². The highest BCUT2D eigenvalue weighted by atomic mass is 16.2. The summed E-state index contributed by atoms with van der Waals surface area (Å²) in [6.45, 7) is 3.66. The van der Waals surface area contributed by atoms with Gasteiger partial charge < -0.3 is 4.90 Å². The zero-order chi connectivity index (χ0) is 15.9. The van der Waals surface area contributed by atoms with E-state index in [1.54, 1.807) is 6.21 Å². The number of hydrazone groups is 1. The molecule has 2 aromatic carbocycles. The lowest BCUT2D eigenvalue weighted by Gasteiger charge is -2.19. The molecule has 0 bridgehead atoms. The molecule has 1 N–H and O–H groups in total. The van der Waals surface area contributed by atoms with Gasteiger partial charge >= 0.3 is 0 Å². The van der Waals surface area contributed by atoms with E-state index in [9.17, 15) is 4.79 Å². The summed E-state index contributed by atoms with van der Waals surface area (Å²) in [5, 5.41) is 3.96. The second-order valence-electron chi connectivity index (χ2n) is 5.38. The topological polar surface area (TPSA) is 44.7 Å². The van der Waals surface area contributed by atoms with Gasteiger partial charge in [-0.2, -0.15) is 5.10 Å². The summed E-state index contributed by atoms with van der Waals surface area (Å²) in [6, 6.07) is 18.2. The van der Waals surface area contributed by atoms with Crippen LogP contribution in [0.5, 0.6) is 0 Å². The van der Waals surface area contributed by atoms with Crippen LogP contribution in [0.3, 0.4) is 0 Å². The van der Waals surface area contributed by atoms with Gasteiger partial charge in [-0.25, -0.2) is 5.43 Å². The van der Waals surface area contributed by atoms with Crippen molar-refractivity contribution in [3.8, 4) is 0 Å². The molecule has 0 fully saturated rings. The van der Waals surface area contributed by atoms with Gasteiger partial charge in [-0.3, -0.25) is 4.79 Å². The average molecular weight is 295 g/mol. The first-order valence-corrected chi connectivity index (χ1v) is 7.29. The largest absolute Gasteiger partial charge is 0.345 e. The van der Waals surface area contributed by atoms with Gasteiger partial charge in [-0.15, -0.1) is 0 Å². The number of hydrogen-bond donors (Lipinski definition) is 1. The summed E-state index contributed by atoms with van der Waals surface area (Å²) in [4.78, 5) is 13.5. The molecule has 0 aromatic heterocycles. The number of nitrogens with one attached hydrogen (secondary N) is 1. The first kappa shape index (κ1) is 15.8. The van der Waals surface area contributed by atoms with Gasteiger partial charge in [0.25, 0.3) is 0 Å². The minimum Gasteiger partial charge on any atom is -0.345 e.